The van der Waals surface area contributed by atoms with Gasteiger partial charge in [-0.15, -0.1) is 0 Å². The van der Waals surface area contributed by atoms with Crippen molar-refractivity contribution in [3.8, 4) is 0 Å². The average molecular weight is 151 g/mol. The molecule has 1 aliphatic carbocycles. The maximum Gasteiger partial charge on any atom is 0.117 e. The highest BCUT2D eigenvalue weighted by Crippen LogP contribution is 2.32. The highest BCUT2D eigenvalue weighted by atomic mass is 16.3. The largest absolute Gasteiger partial charge is 0.468 e. The van der Waals surface area contributed by atoms with Crippen LogP contribution in [-0.4, -0.2) is 0 Å². The normalized spacial score (nSPS) is 17.2. The molecule has 1 saturated carbocycles. The van der Waals surface area contributed by atoms with Crippen LogP contribution in [0.15, 0.2) is 16.7 Å². The Bertz CT molecular complexity index is 237. The van der Waals surface area contributed by atoms with Gasteiger partial charge >= 0.3 is 0 Å². The molecule has 11 heavy (non-hydrogen) atoms. The van der Waals surface area contributed by atoms with Crippen molar-refractivity contribution in [2.45, 2.75) is 25.8 Å². The highest BCUT2D eigenvalue weighted by molar-refractivity contribution is 5.14. The molecule has 2 nitrogen and oxygen atoms in total. The molecule has 60 valence electrons. The van der Waals surface area contributed by atoms with E-state index >= 15 is 0 Å². The Kier molecular flexibility index (Phi) is 1.70. The summed E-state index contributed by atoms with van der Waals surface area (Å²) in [5.41, 5.74) is 6.73. The summed E-state index contributed by atoms with van der Waals surface area (Å²) in [6.45, 7) is 0.519. The SMILES string of the molecule is NCc1cc(CC2CC2)co1. The van der Waals surface area contributed by atoms with Gasteiger partial charge in [-0.25, -0.2) is 0 Å². The molecule has 1 aromatic heterocycles. The summed E-state index contributed by atoms with van der Waals surface area (Å²) in [5, 5.41) is 0. The van der Waals surface area contributed by atoms with Crippen LogP contribution in [0.1, 0.15) is 24.2 Å². The minimum atomic E-state index is 0.519. The summed E-state index contributed by atoms with van der Waals surface area (Å²) in [5.74, 6) is 1.83. The molecule has 0 radical (unpaired) electrons. The van der Waals surface area contributed by atoms with Crippen LogP contribution in [0.5, 0.6) is 0 Å². The minimum absolute atomic E-state index is 0.519. The molecule has 1 heterocycles. The Morgan fingerprint density at radius 2 is 2.36 bits per heavy atom. The summed E-state index contributed by atoms with van der Waals surface area (Å²) in [7, 11) is 0. The second kappa shape index (κ2) is 2.70. The van der Waals surface area contributed by atoms with Crippen molar-refractivity contribution in [3.63, 3.8) is 0 Å². The predicted octanol–water partition coefficient (Wildman–Crippen LogP) is 1.69. The zero-order valence-electron chi connectivity index (χ0n) is 6.55. The summed E-state index contributed by atoms with van der Waals surface area (Å²) in [4.78, 5) is 0. The van der Waals surface area contributed by atoms with E-state index in [1.165, 1.54) is 24.8 Å². The number of furan rings is 1. The van der Waals surface area contributed by atoms with Gasteiger partial charge < -0.3 is 10.2 Å². The van der Waals surface area contributed by atoms with Crippen molar-refractivity contribution in [1.82, 2.24) is 0 Å². The highest BCUT2D eigenvalue weighted by Gasteiger charge is 2.21. The van der Waals surface area contributed by atoms with Gasteiger partial charge in [-0.05, 0) is 36.8 Å². The number of nitrogens with two attached hydrogens (primary N) is 1. The molecule has 0 bridgehead atoms. The van der Waals surface area contributed by atoms with Crippen LogP contribution in [0, 0.1) is 5.92 Å². The van der Waals surface area contributed by atoms with Gasteiger partial charge in [0, 0.05) is 0 Å². The molecule has 1 aromatic rings. The van der Waals surface area contributed by atoms with E-state index < -0.39 is 0 Å². The third kappa shape index (κ3) is 1.63. The molecule has 0 unspecified atom stereocenters. The van der Waals surface area contributed by atoms with Gasteiger partial charge in [0.1, 0.15) is 5.76 Å². The molecule has 0 spiro atoms. The molecule has 0 aromatic carbocycles. The zero-order chi connectivity index (χ0) is 7.68. The fraction of sp³-hybridized carbons (Fsp3) is 0.556. The van der Waals surface area contributed by atoms with E-state index in [9.17, 15) is 0 Å². The smallest absolute Gasteiger partial charge is 0.117 e. The van der Waals surface area contributed by atoms with Crippen molar-refractivity contribution in [1.29, 1.82) is 0 Å². The second-order valence-corrected chi connectivity index (χ2v) is 3.27. The van der Waals surface area contributed by atoms with Crippen molar-refractivity contribution in [3.05, 3.63) is 23.7 Å². The molecule has 1 fully saturated rings. The van der Waals surface area contributed by atoms with Crippen LogP contribution >= 0.6 is 0 Å². The standard InChI is InChI=1S/C9H13NO/c10-5-9-4-8(6-11-9)3-7-1-2-7/h4,6-7H,1-3,5,10H2. The van der Waals surface area contributed by atoms with Gasteiger partial charge in [-0.2, -0.15) is 0 Å². The predicted molar refractivity (Wildman–Crippen MR) is 43.0 cm³/mol. The molecule has 2 rings (SSSR count). The lowest BCUT2D eigenvalue weighted by Crippen LogP contribution is -1.92. The van der Waals surface area contributed by atoms with E-state index in [0.717, 1.165) is 11.7 Å². The van der Waals surface area contributed by atoms with Crippen LogP contribution in [0.4, 0.5) is 0 Å². The lowest BCUT2D eigenvalue weighted by molar-refractivity contribution is 0.509. The monoisotopic (exact) mass is 151 g/mol. The Balaban J connectivity index is 1.99. The number of hydrogen-bond acceptors (Lipinski definition) is 2. The quantitative estimate of drug-likeness (QED) is 0.714. The van der Waals surface area contributed by atoms with Crippen molar-refractivity contribution >= 4 is 0 Å². The van der Waals surface area contributed by atoms with Crippen molar-refractivity contribution < 1.29 is 4.42 Å². The summed E-state index contributed by atoms with van der Waals surface area (Å²) >= 11 is 0. The summed E-state index contributed by atoms with van der Waals surface area (Å²) in [6.07, 6.45) is 5.80. The Labute approximate surface area is 66.4 Å². The molecule has 2 heteroatoms. The third-order valence-electron chi connectivity index (χ3n) is 2.13. The molecule has 0 aliphatic heterocycles. The van der Waals surface area contributed by atoms with Gasteiger partial charge in [0.25, 0.3) is 0 Å². The lowest BCUT2D eigenvalue weighted by atomic mass is 10.2. The fourth-order valence-corrected chi connectivity index (χ4v) is 1.30. The first-order valence-electron chi connectivity index (χ1n) is 4.15. The Morgan fingerprint density at radius 3 is 2.91 bits per heavy atom. The summed E-state index contributed by atoms with van der Waals surface area (Å²) in [6, 6.07) is 2.07. The first-order chi connectivity index (χ1) is 5.38. The molecular weight excluding hydrogens is 138 g/mol. The Morgan fingerprint density at radius 1 is 1.55 bits per heavy atom. The van der Waals surface area contributed by atoms with Crippen molar-refractivity contribution in [2.24, 2.45) is 11.7 Å². The van der Waals surface area contributed by atoms with Gasteiger partial charge in [0.2, 0.25) is 0 Å². The first kappa shape index (κ1) is 6.92. The molecular formula is C9H13NO. The average Bonchev–Trinajstić information content (AvgIpc) is 2.68. The van der Waals surface area contributed by atoms with E-state index in [1.807, 2.05) is 6.26 Å². The maximum atomic E-state index is 5.42. The van der Waals surface area contributed by atoms with Crippen LogP contribution in [0.2, 0.25) is 0 Å². The molecule has 0 atom stereocenters. The minimum Gasteiger partial charge on any atom is -0.468 e. The van der Waals surface area contributed by atoms with Gasteiger partial charge in [-0.1, -0.05) is 0 Å². The van der Waals surface area contributed by atoms with Gasteiger partial charge in [0.05, 0.1) is 12.8 Å². The van der Waals surface area contributed by atoms with Crippen LogP contribution in [0.25, 0.3) is 0 Å². The van der Waals surface area contributed by atoms with Crippen LogP contribution < -0.4 is 5.73 Å². The van der Waals surface area contributed by atoms with Gasteiger partial charge in [-0.3, -0.25) is 0 Å². The zero-order valence-corrected chi connectivity index (χ0v) is 6.55. The molecule has 2 N–H and O–H groups in total. The first-order valence-corrected chi connectivity index (χ1v) is 4.15. The van der Waals surface area contributed by atoms with E-state index in [2.05, 4.69) is 6.07 Å². The Hall–Kier alpha value is -0.760. The third-order valence-corrected chi connectivity index (χ3v) is 2.13. The lowest BCUT2D eigenvalue weighted by Gasteiger charge is -1.88. The van der Waals surface area contributed by atoms with Crippen LogP contribution in [0.3, 0.4) is 0 Å². The number of rotatable bonds is 3. The number of hydrogen-bond donors (Lipinski definition) is 1. The summed E-state index contributed by atoms with van der Waals surface area (Å²) < 4.78 is 5.22. The van der Waals surface area contributed by atoms with Gasteiger partial charge in [0.15, 0.2) is 0 Å². The second-order valence-electron chi connectivity index (χ2n) is 3.27. The van der Waals surface area contributed by atoms with E-state index in [4.69, 9.17) is 10.2 Å². The van der Waals surface area contributed by atoms with Crippen LogP contribution in [-0.2, 0) is 13.0 Å². The van der Waals surface area contributed by atoms with E-state index in [-0.39, 0.29) is 0 Å². The molecule has 0 saturated heterocycles. The maximum absolute atomic E-state index is 5.42. The van der Waals surface area contributed by atoms with Crippen molar-refractivity contribution in [2.75, 3.05) is 0 Å². The van der Waals surface area contributed by atoms with E-state index in [0.29, 0.717) is 6.54 Å². The van der Waals surface area contributed by atoms with E-state index in [1.54, 1.807) is 0 Å². The fourth-order valence-electron chi connectivity index (χ4n) is 1.30. The molecule has 0 amide bonds. The topological polar surface area (TPSA) is 39.2 Å². The molecule has 1 aliphatic rings.